The maximum atomic E-state index is 13.3. The smallest absolute Gasteiger partial charge is 0.320 e. The first-order chi connectivity index (χ1) is 15.5. The van der Waals surface area contributed by atoms with Crippen molar-refractivity contribution in [3.63, 3.8) is 0 Å². The minimum Gasteiger partial charge on any atom is -0.349 e. The first kappa shape index (κ1) is 21.2. The molecule has 1 aromatic rings. The van der Waals surface area contributed by atoms with Gasteiger partial charge in [0.1, 0.15) is 0 Å². The summed E-state index contributed by atoms with van der Waals surface area (Å²) in [4.78, 5) is 48.4. The van der Waals surface area contributed by atoms with E-state index in [2.05, 4.69) is 15.2 Å². The Morgan fingerprint density at radius 3 is 2.62 bits per heavy atom. The Labute approximate surface area is 189 Å². The summed E-state index contributed by atoms with van der Waals surface area (Å²) in [7, 11) is 0. The molecule has 2 bridgehead atoms. The van der Waals surface area contributed by atoms with Crippen molar-refractivity contribution >= 4 is 17.8 Å². The van der Waals surface area contributed by atoms with Crippen LogP contribution in [0.4, 0.5) is 4.79 Å². The fourth-order valence-corrected chi connectivity index (χ4v) is 6.05. The Balaban J connectivity index is 1.14. The zero-order chi connectivity index (χ0) is 22.2. The van der Waals surface area contributed by atoms with Crippen LogP contribution in [0, 0.1) is 18.8 Å². The van der Waals surface area contributed by atoms with E-state index in [0.29, 0.717) is 48.9 Å². The number of fused-ring (bicyclic) bond motifs is 4. The van der Waals surface area contributed by atoms with Gasteiger partial charge in [0.25, 0.3) is 5.91 Å². The van der Waals surface area contributed by atoms with Crippen molar-refractivity contribution in [2.75, 3.05) is 32.7 Å². The summed E-state index contributed by atoms with van der Waals surface area (Å²) in [6.45, 7) is 5.55. The van der Waals surface area contributed by atoms with Crippen molar-refractivity contribution in [2.24, 2.45) is 11.8 Å². The second-order valence-corrected chi connectivity index (χ2v) is 9.98. The molecule has 4 aliphatic rings. The number of aryl methyl sites for hydroxylation is 1. The van der Waals surface area contributed by atoms with Crippen molar-refractivity contribution < 1.29 is 14.4 Å². The van der Waals surface area contributed by atoms with Crippen LogP contribution in [0.15, 0.2) is 18.3 Å². The summed E-state index contributed by atoms with van der Waals surface area (Å²) in [5.74, 6) is 1.02. The van der Waals surface area contributed by atoms with E-state index in [1.807, 2.05) is 22.8 Å². The van der Waals surface area contributed by atoms with Gasteiger partial charge in [-0.2, -0.15) is 0 Å². The lowest BCUT2D eigenvalue weighted by atomic mass is 9.76. The monoisotopic (exact) mass is 439 g/mol. The largest absolute Gasteiger partial charge is 0.349 e. The molecule has 4 saturated heterocycles. The van der Waals surface area contributed by atoms with Crippen LogP contribution in [-0.2, 0) is 4.79 Å². The molecular weight excluding hydrogens is 406 g/mol. The highest BCUT2D eigenvalue weighted by Gasteiger charge is 2.45. The van der Waals surface area contributed by atoms with Crippen LogP contribution >= 0.6 is 0 Å². The molecule has 5 heterocycles. The summed E-state index contributed by atoms with van der Waals surface area (Å²) >= 11 is 0. The molecule has 4 amide bonds. The van der Waals surface area contributed by atoms with E-state index in [9.17, 15) is 14.4 Å². The molecule has 4 aliphatic heterocycles. The molecule has 1 aromatic heterocycles. The molecule has 172 valence electrons. The van der Waals surface area contributed by atoms with E-state index in [-0.39, 0.29) is 18.0 Å². The highest BCUT2D eigenvalue weighted by molar-refractivity contribution is 5.94. The Bertz CT molecular complexity index is 880. The second-order valence-electron chi connectivity index (χ2n) is 9.98. The molecule has 32 heavy (non-hydrogen) atoms. The fraction of sp³-hybridized carbons (Fsp3) is 0.667. The predicted octanol–water partition coefficient (Wildman–Crippen LogP) is 2.04. The molecule has 2 unspecified atom stereocenters. The van der Waals surface area contributed by atoms with Gasteiger partial charge in [-0.1, -0.05) is 0 Å². The molecule has 4 fully saturated rings. The summed E-state index contributed by atoms with van der Waals surface area (Å²) in [5, 5.41) is 3.09. The minimum absolute atomic E-state index is 0.0791. The number of hydrogen-bond acceptors (Lipinski definition) is 4. The van der Waals surface area contributed by atoms with Gasteiger partial charge in [-0.15, -0.1) is 0 Å². The lowest BCUT2D eigenvalue weighted by molar-refractivity contribution is -0.144. The van der Waals surface area contributed by atoms with Gasteiger partial charge in [-0.05, 0) is 63.0 Å². The summed E-state index contributed by atoms with van der Waals surface area (Å²) in [6, 6.07) is 4.16. The number of hydrogen-bond donors (Lipinski definition) is 1. The van der Waals surface area contributed by atoms with Crippen LogP contribution in [-0.4, -0.2) is 82.3 Å². The number of carbonyl (C=O) groups excluding carboxylic acids is 3. The van der Waals surface area contributed by atoms with Gasteiger partial charge in [0.15, 0.2) is 0 Å². The fourth-order valence-electron chi connectivity index (χ4n) is 6.05. The van der Waals surface area contributed by atoms with E-state index in [1.165, 1.54) is 0 Å². The van der Waals surface area contributed by atoms with Crippen molar-refractivity contribution in [3.05, 3.63) is 29.6 Å². The summed E-state index contributed by atoms with van der Waals surface area (Å²) < 4.78 is 0. The number of aromatic nitrogens is 1. The van der Waals surface area contributed by atoms with Gasteiger partial charge < -0.3 is 20.0 Å². The number of rotatable bonds is 2. The van der Waals surface area contributed by atoms with Crippen LogP contribution < -0.4 is 5.32 Å². The Morgan fingerprint density at radius 2 is 1.88 bits per heavy atom. The molecule has 3 atom stereocenters. The van der Waals surface area contributed by atoms with Crippen molar-refractivity contribution in [1.29, 1.82) is 0 Å². The molecule has 0 aliphatic carbocycles. The molecule has 5 rings (SSSR count). The van der Waals surface area contributed by atoms with Crippen LogP contribution in [0.2, 0.25) is 0 Å². The third-order valence-electron chi connectivity index (χ3n) is 7.72. The second kappa shape index (κ2) is 8.71. The first-order valence-electron chi connectivity index (χ1n) is 12.0. The third kappa shape index (κ3) is 4.19. The Morgan fingerprint density at radius 1 is 1.06 bits per heavy atom. The number of carbonyl (C=O) groups is 3. The molecule has 0 radical (unpaired) electrons. The predicted molar refractivity (Wildman–Crippen MR) is 119 cm³/mol. The zero-order valence-electron chi connectivity index (χ0n) is 18.8. The Kier molecular flexibility index (Phi) is 5.78. The molecule has 0 spiro atoms. The maximum Gasteiger partial charge on any atom is 0.320 e. The highest BCUT2D eigenvalue weighted by atomic mass is 16.2. The molecule has 0 saturated carbocycles. The average Bonchev–Trinajstić information content (AvgIpc) is 2.80. The number of pyridine rings is 1. The quantitative estimate of drug-likeness (QED) is 0.764. The number of urea groups is 1. The molecule has 8 nitrogen and oxygen atoms in total. The van der Waals surface area contributed by atoms with Crippen molar-refractivity contribution in [2.45, 2.75) is 57.5 Å². The van der Waals surface area contributed by atoms with Crippen LogP contribution in [0.25, 0.3) is 0 Å². The van der Waals surface area contributed by atoms with E-state index in [0.717, 1.165) is 57.4 Å². The number of nitrogens with zero attached hydrogens (tertiary/aromatic N) is 4. The minimum atomic E-state index is -0.0993. The maximum absolute atomic E-state index is 13.3. The lowest BCUT2D eigenvalue weighted by Gasteiger charge is -2.53. The number of amides is 4. The van der Waals surface area contributed by atoms with E-state index in [4.69, 9.17) is 0 Å². The van der Waals surface area contributed by atoms with Gasteiger partial charge in [0.2, 0.25) is 5.91 Å². The van der Waals surface area contributed by atoms with E-state index >= 15 is 0 Å². The lowest BCUT2D eigenvalue weighted by Crippen LogP contribution is -2.62. The molecular formula is C24H33N5O3. The number of piperidine rings is 4. The van der Waals surface area contributed by atoms with Gasteiger partial charge in [-0.25, -0.2) is 4.79 Å². The number of nitrogens with one attached hydrogen (secondary N) is 1. The molecule has 8 heteroatoms. The summed E-state index contributed by atoms with van der Waals surface area (Å²) in [5.41, 5.74) is 1.46. The van der Waals surface area contributed by atoms with Crippen LogP contribution in [0.1, 0.15) is 54.6 Å². The van der Waals surface area contributed by atoms with Gasteiger partial charge in [0.05, 0.1) is 5.56 Å². The summed E-state index contributed by atoms with van der Waals surface area (Å²) in [6.07, 6.45) is 7.02. The first-order valence-corrected chi connectivity index (χ1v) is 12.0. The van der Waals surface area contributed by atoms with Gasteiger partial charge >= 0.3 is 6.03 Å². The molecule has 1 N–H and O–H groups in total. The van der Waals surface area contributed by atoms with E-state index < -0.39 is 0 Å². The van der Waals surface area contributed by atoms with Gasteiger partial charge in [0, 0.05) is 63.1 Å². The standard InChI is InChI=1S/C24H33N5O3/c1-16-5-6-18(12-25-16)23(31)26-20-7-9-27(10-8-20)24(32)28-13-17-11-19(15-28)21-3-2-4-22(30)29(21)14-17/h5-6,12,17,19-21H,2-4,7-11,13-15H2,1H3,(H,26,31)/t17?,19?,21-/m1/s1. The Hall–Kier alpha value is -2.64. The zero-order valence-corrected chi connectivity index (χ0v) is 18.8. The van der Waals surface area contributed by atoms with E-state index in [1.54, 1.807) is 12.3 Å². The normalized spacial score (nSPS) is 28.3. The van der Waals surface area contributed by atoms with Crippen LogP contribution in [0.5, 0.6) is 0 Å². The van der Waals surface area contributed by atoms with Crippen molar-refractivity contribution in [3.8, 4) is 0 Å². The van der Waals surface area contributed by atoms with Crippen molar-refractivity contribution in [1.82, 2.24) is 25.0 Å². The number of likely N-dealkylation sites (tertiary alicyclic amines) is 2. The topological polar surface area (TPSA) is 85.8 Å². The molecule has 0 aromatic carbocycles. The average molecular weight is 440 g/mol. The third-order valence-corrected chi connectivity index (χ3v) is 7.72. The van der Waals surface area contributed by atoms with Crippen LogP contribution in [0.3, 0.4) is 0 Å². The van der Waals surface area contributed by atoms with Gasteiger partial charge in [-0.3, -0.25) is 14.6 Å². The SMILES string of the molecule is Cc1ccc(C(=O)NC2CCN(C(=O)N3CC4CC(C3)[C@H]3CCCC(=O)N3C4)CC2)cn1. The highest BCUT2D eigenvalue weighted by Crippen LogP contribution is 2.38.